The third kappa shape index (κ3) is 3.35. The van der Waals surface area contributed by atoms with Crippen LogP contribution < -0.4 is 4.90 Å². The lowest BCUT2D eigenvalue weighted by atomic mass is 9.91. The molecular weight excluding hydrogens is 268 g/mol. The highest BCUT2D eigenvalue weighted by Gasteiger charge is 2.32. The molecule has 0 saturated carbocycles. The van der Waals surface area contributed by atoms with Crippen LogP contribution in [0.5, 0.6) is 0 Å². The number of benzene rings is 1. The maximum absolute atomic E-state index is 12.5. The molecule has 1 aliphatic rings. The van der Waals surface area contributed by atoms with Crippen molar-refractivity contribution >= 4 is 17.6 Å². The van der Waals surface area contributed by atoms with Gasteiger partial charge in [-0.25, -0.2) is 0 Å². The number of carbonyl (C=O) groups excluding carboxylic acids is 1. The van der Waals surface area contributed by atoms with E-state index in [4.69, 9.17) is 5.11 Å². The van der Waals surface area contributed by atoms with E-state index < -0.39 is 5.97 Å². The zero-order valence-corrected chi connectivity index (χ0v) is 12.7. The van der Waals surface area contributed by atoms with Crippen LogP contribution in [0, 0.1) is 5.92 Å². The highest BCUT2D eigenvalue weighted by molar-refractivity contribution is 5.95. The van der Waals surface area contributed by atoms with E-state index in [9.17, 15) is 9.59 Å². The van der Waals surface area contributed by atoms with Gasteiger partial charge in [-0.3, -0.25) is 9.59 Å². The van der Waals surface area contributed by atoms with Crippen molar-refractivity contribution in [2.75, 3.05) is 25.5 Å². The monoisotopic (exact) mass is 290 g/mol. The minimum atomic E-state index is -0.760. The van der Waals surface area contributed by atoms with Gasteiger partial charge in [-0.2, -0.15) is 0 Å². The Morgan fingerprint density at radius 2 is 1.86 bits per heavy atom. The summed E-state index contributed by atoms with van der Waals surface area (Å²) < 4.78 is 0. The summed E-state index contributed by atoms with van der Waals surface area (Å²) in [5.41, 5.74) is 1.70. The molecule has 0 aliphatic carbocycles. The van der Waals surface area contributed by atoms with Gasteiger partial charge in [0.15, 0.2) is 0 Å². The second-order valence-corrected chi connectivity index (χ2v) is 5.85. The van der Waals surface area contributed by atoms with Crippen LogP contribution >= 0.6 is 0 Å². The molecule has 5 nitrogen and oxygen atoms in total. The van der Waals surface area contributed by atoms with Crippen LogP contribution in [0.2, 0.25) is 0 Å². The van der Waals surface area contributed by atoms with Crippen molar-refractivity contribution < 1.29 is 14.7 Å². The standard InChI is InChI=1S/C16H22N2O3/c1-11-10-13(16(20)21)8-9-18(11)15(19)12-4-6-14(7-5-12)17(2)3/h4-7,11,13H,8-10H2,1-3H3,(H,20,21). The molecule has 0 bridgehead atoms. The van der Waals surface area contributed by atoms with E-state index in [1.807, 2.05) is 50.2 Å². The lowest BCUT2D eigenvalue weighted by Gasteiger charge is -2.36. The lowest BCUT2D eigenvalue weighted by Crippen LogP contribution is -2.46. The van der Waals surface area contributed by atoms with Gasteiger partial charge in [-0.15, -0.1) is 0 Å². The molecule has 2 rings (SSSR count). The second-order valence-electron chi connectivity index (χ2n) is 5.85. The molecule has 1 aromatic rings. The molecular formula is C16H22N2O3. The summed E-state index contributed by atoms with van der Waals surface area (Å²) in [4.78, 5) is 27.3. The first-order chi connectivity index (χ1) is 9.90. The summed E-state index contributed by atoms with van der Waals surface area (Å²) in [6, 6.07) is 7.45. The smallest absolute Gasteiger partial charge is 0.306 e. The molecule has 0 radical (unpaired) electrons. The second kappa shape index (κ2) is 6.16. The first kappa shape index (κ1) is 15.4. The van der Waals surface area contributed by atoms with E-state index in [2.05, 4.69) is 0 Å². The van der Waals surface area contributed by atoms with Crippen LogP contribution in [0.4, 0.5) is 5.69 Å². The number of carbonyl (C=O) groups is 2. The zero-order chi connectivity index (χ0) is 15.6. The highest BCUT2D eigenvalue weighted by atomic mass is 16.4. The van der Waals surface area contributed by atoms with Crippen molar-refractivity contribution in [2.24, 2.45) is 5.92 Å². The van der Waals surface area contributed by atoms with E-state index in [1.54, 1.807) is 4.90 Å². The van der Waals surface area contributed by atoms with Gasteiger partial charge in [0.2, 0.25) is 0 Å². The minimum absolute atomic E-state index is 0.0170. The molecule has 21 heavy (non-hydrogen) atoms. The number of hydrogen-bond donors (Lipinski definition) is 1. The van der Waals surface area contributed by atoms with Gasteiger partial charge >= 0.3 is 5.97 Å². The zero-order valence-electron chi connectivity index (χ0n) is 12.7. The normalized spacial score (nSPS) is 22.0. The van der Waals surface area contributed by atoms with Crippen LogP contribution in [0.25, 0.3) is 0 Å². The number of carboxylic acid groups (broad SMARTS) is 1. The maximum atomic E-state index is 12.5. The van der Waals surface area contributed by atoms with E-state index in [-0.39, 0.29) is 17.9 Å². The number of amides is 1. The van der Waals surface area contributed by atoms with Gasteiger partial charge in [0.25, 0.3) is 5.91 Å². The van der Waals surface area contributed by atoms with Gasteiger partial charge in [0, 0.05) is 37.9 Å². The van der Waals surface area contributed by atoms with Crippen LogP contribution in [-0.2, 0) is 4.79 Å². The number of anilines is 1. The lowest BCUT2D eigenvalue weighted by molar-refractivity contribution is -0.143. The average molecular weight is 290 g/mol. The molecule has 1 amide bonds. The van der Waals surface area contributed by atoms with Crippen molar-refractivity contribution in [1.29, 1.82) is 0 Å². The van der Waals surface area contributed by atoms with E-state index in [1.165, 1.54) is 0 Å². The molecule has 0 spiro atoms. The maximum Gasteiger partial charge on any atom is 0.306 e. The predicted molar refractivity (Wildman–Crippen MR) is 81.6 cm³/mol. The summed E-state index contributed by atoms with van der Waals surface area (Å²) in [6.45, 7) is 2.42. The molecule has 1 heterocycles. The van der Waals surface area contributed by atoms with Crippen molar-refractivity contribution in [1.82, 2.24) is 4.90 Å². The fourth-order valence-corrected chi connectivity index (χ4v) is 2.77. The van der Waals surface area contributed by atoms with Crippen molar-refractivity contribution in [3.63, 3.8) is 0 Å². The predicted octanol–water partition coefficient (Wildman–Crippen LogP) is 2.08. The molecule has 114 valence electrons. The Hall–Kier alpha value is -2.04. The Morgan fingerprint density at radius 3 is 2.33 bits per heavy atom. The molecule has 1 saturated heterocycles. The summed E-state index contributed by atoms with van der Waals surface area (Å²) in [5.74, 6) is -1.11. The third-order valence-electron chi connectivity index (χ3n) is 4.12. The number of likely N-dealkylation sites (tertiary alicyclic amines) is 1. The highest BCUT2D eigenvalue weighted by Crippen LogP contribution is 2.25. The van der Waals surface area contributed by atoms with Crippen LogP contribution in [0.1, 0.15) is 30.1 Å². The summed E-state index contributed by atoms with van der Waals surface area (Å²) in [5, 5.41) is 9.07. The largest absolute Gasteiger partial charge is 0.481 e. The number of piperidine rings is 1. The van der Waals surface area contributed by atoms with E-state index in [0.717, 1.165) is 5.69 Å². The van der Waals surface area contributed by atoms with Gasteiger partial charge in [0.1, 0.15) is 0 Å². The molecule has 2 atom stereocenters. The quantitative estimate of drug-likeness (QED) is 0.926. The fraction of sp³-hybridized carbons (Fsp3) is 0.500. The summed E-state index contributed by atoms with van der Waals surface area (Å²) in [6.07, 6.45) is 1.05. The number of hydrogen-bond acceptors (Lipinski definition) is 3. The van der Waals surface area contributed by atoms with Gasteiger partial charge in [-0.05, 0) is 44.0 Å². The van der Waals surface area contributed by atoms with Gasteiger partial charge < -0.3 is 14.9 Å². The average Bonchev–Trinajstić information content (AvgIpc) is 2.46. The molecule has 0 aromatic heterocycles. The van der Waals surface area contributed by atoms with E-state index >= 15 is 0 Å². The minimum Gasteiger partial charge on any atom is -0.481 e. The topological polar surface area (TPSA) is 60.9 Å². The Bertz CT molecular complexity index is 525. The third-order valence-corrected chi connectivity index (χ3v) is 4.12. The summed E-state index contributed by atoms with van der Waals surface area (Å²) >= 11 is 0. The van der Waals surface area contributed by atoms with Crippen LogP contribution in [0.3, 0.4) is 0 Å². The Labute approximate surface area is 125 Å². The number of carboxylic acids is 1. The molecule has 1 aromatic carbocycles. The van der Waals surface area contributed by atoms with Crippen LogP contribution in [0.15, 0.2) is 24.3 Å². The number of rotatable bonds is 3. The Morgan fingerprint density at radius 1 is 1.24 bits per heavy atom. The molecule has 5 heteroatoms. The molecule has 1 N–H and O–H groups in total. The SMILES string of the molecule is CC1CC(C(=O)O)CCN1C(=O)c1ccc(N(C)C)cc1. The van der Waals surface area contributed by atoms with Gasteiger partial charge in [0.05, 0.1) is 5.92 Å². The van der Waals surface area contributed by atoms with Crippen molar-refractivity contribution in [3.05, 3.63) is 29.8 Å². The first-order valence-corrected chi connectivity index (χ1v) is 7.21. The molecule has 1 fully saturated rings. The first-order valence-electron chi connectivity index (χ1n) is 7.21. The van der Waals surface area contributed by atoms with Crippen molar-refractivity contribution in [3.8, 4) is 0 Å². The molecule has 1 aliphatic heterocycles. The van der Waals surface area contributed by atoms with Crippen molar-refractivity contribution in [2.45, 2.75) is 25.8 Å². The fourth-order valence-electron chi connectivity index (χ4n) is 2.77. The number of aliphatic carboxylic acids is 1. The van der Waals surface area contributed by atoms with Gasteiger partial charge in [-0.1, -0.05) is 0 Å². The Balaban J connectivity index is 2.08. The van der Waals surface area contributed by atoms with Crippen LogP contribution in [-0.4, -0.2) is 48.6 Å². The number of nitrogens with zero attached hydrogens (tertiary/aromatic N) is 2. The van der Waals surface area contributed by atoms with E-state index in [0.29, 0.717) is 24.9 Å². The Kier molecular flexibility index (Phi) is 4.50. The summed E-state index contributed by atoms with van der Waals surface area (Å²) in [7, 11) is 3.91. The molecule has 2 unspecified atom stereocenters.